The van der Waals surface area contributed by atoms with Crippen LogP contribution in [0.4, 0.5) is 5.95 Å². The quantitative estimate of drug-likeness (QED) is 0.627. The van der Waals surface area contributed by atoms with E-state index >= 15 is 0 Å². The summed E-state index contributed by atoms with van der Waals surface area (Å²) in [6.07, 6.45) is 0.859. The molecule has 0 amide bonds. The molecular formula is C11H16BrN7O. The van der Waals surface area contributed by atoms with Crippen LogP contribution in [0.5, 0.6) is 6.01 Å². The van der Waals surface area contributed by atoms with Gasteiger partial charge in [-0.05, 0) is 36.2 Å². The van der Waals surface area contributed by atoms with E-state index in [9.17, 15) is 0 Å². The van der Waals surface area contributed by atoms with Crippen LogP contribution in [0.2, 0.25) is 0 Å². The third kappa shape index (κ3) is 2.88. The van der Waals surface area contributed by atoms with Gasteiger partial charge in [0, 0.05) is 0 Å². The first-order valence-electron chi connectivity index (χ1n) is 6.14. The Kier molecular flexibility index (Phi) is 4.50. The Morgan fingerprint density at radius 2 is 2.05 bits per heavy atom. The molecule has 0 unspecified atom stereocenters. The maximum Gasteiger partial charge on any atom is 0.323 e. The molecule has 0 spiro atoms. The third-order valence-electron chi connectivity index (χ3n) is 2.56. The van der Waals surface area contributed by atoms with Crippen LogP contribution >= 0.6 is 15.9 Å². The molecule has 108 valence electrons. The number of aromatic nitrogens is 5. The van der Waals surface area contributed by atoms with Crippen LogP contribution in [0.15, 0.2) is 4.47 Å². The number of anilines is 1. The van der Waals surface area contributed by atoms with Crippen LogP contribution in [0.1, 0.15) is 24.7 Å². The van der Waals surface area contributed by atoms with E-state index in [4.69, 9.17) is 10.6 Å². The highest BCUT2D eigenvalue weighted by Gasteiger charge is 2.15. The number of hydrogen-bond acceptors (Lipinski definition) is 7. The summed E-state index contributed by atoms with van der Waals surface area (Å²) in [6.45, 7) is 6.33. The second-order valence-corrected chi connectivity index (χ2v) is 4.92. The van der Waals surface area contributed by atoms with Crippen LogP contribution < -0.4 is 16.0 Å². The third-order valence-corrected chi connectivity index (χ3v) is 3.71. The SMILES string of the molecule is CCCOc1nc(NN)nc(-n2nc(C)c(Br)c2C)n1. The zero-order chi connectivity index (χ0) is 14.7. The molecule has 9 heteroatoms. The summed E-state index contributed by atoms with van der Waals surface area (Å²) in [4.78, 5) is 12.5. The molecule has 0 saturated heterocycles. The van der Waals surface area contributed by atoms with Crippen LogP contribution in [0.3, 0.4) is 0 Å². The van der Waals surface area contributed by atoms with Gasteiger partial charge in [-0.2, -0.15) is 20.1 Å². The first kappa shape index (κ1) is 14.7. The molecule has 20 heavy (non-hydrogen) atoms. The van der Waals surface area contributed by atoms with E-state index in [2.05, 4.69) is 41.4 Å². The number of nitrogens with zero attached hydrogens (tertiary/aromatic N) is 5. The number of nitrogens with two attached hydrogens (primary N) is 1. The van der Waals surface area contributed by atoms with Crippen molar-refractivity contribution in [3.63, 3.8) is 0 Å². The second-order valence-electron chi connectivity index (χ2n) is 4.13. The highest BCUT2D eigenvalue weighted by Crippen LogP contribution is 2.22. The van der Waals surface area contributed by atoms with Gasteiger partial charge in [-0.1, -0.05) is 6.92 Å². The molecule has 8 nitrogen and oxygen atoms in total. The lowest BCUT2D eigenvalue weighted by Crippen LogP contribution is -2.15. The van der Waals surface area contributed by atoms with E-state index in [1.165, 1.54) is 0 Å². The zero-order valence-electron chi connectivity index (χ0n) is 11.5. The lowest BCUT2D eigenvalue weighted by Gasteiger charge is -2.08. The Morgan fingerprint density at radius 1 is 1.30 bits per heavy atom. The van der Waals surface area contributed by atoms with Gasteiger partial charge in [-0.25, -0.2) is 10.5 Å². The maximum atomic E-state index is 5.43. The molecule has 0 bridgehead atoms. The number of rotatable bonds is 5. The molecule has 2 aromatic rings. The predicted molar refractivity (Wildman–Crippen MR) is 77.7 cm³/mol. The predicted octanol–water partition coefficient (Wildman–Crippen LogP) is 1.51. The number of nitrogen functional groups attached to an aromatic ring is 1. The zero-order valence-corrected chi connectivity index (χ0v) is 13.1. The normalized spacial score (nSPS) is 10.7. The number of nitrogens with one attached hydrogen (secondary N) is 1. The lowest BCUT2D eigenvalue weighted by molar-refractivity contribution is 0.291. The fourth-order valence-corrected chi connectivity index (χ4v) is 1.83. The average molecular weight is 342 g/mol. The molecule has 0 atom stereocenters. The fourth-order valence-electron chi connectivity index (χ4n) is 1.58. The van der Waals surface area contributed by atoms with Gasteiger partial charge in [0.15, 0.2) is 0 Å². The summed E-state index contributed by atoms with van der Waals surface area (Å²) in [5, 5.41) is 4.37. The molecule has 0 aliphatic carbocycles. The maximum absolute atomic E-state index is 5.43. The number of ether oxygens (including phenoxy) is 1. The van der Waals surface area contributed by atoms with Crippen LogP contribution in [0.25, 0.3) is 5.95 Å². The largest absolute Gasteiger partial charge is 0.463 e. The van der Waals surface area contributed by atoms with Gasteiger partial charge in [0.1, 0.15) is 0 Å². The summed E-state index contributed by atoms with van der Waals surface area (Å²) in [7, 11) is 0. The molecule has 3 N–H and O–H groups in total. The van der Waals surface area contributed by atoms with Crippen LogP contribution in [-0.4, -0.2) is 31.3 Å². The average Bonchev–Trinajstić information content (AvgIpc) is 2.72. The Hall–Kier alpha value is -1.74. The van der Waals surface area contributed by atoms with E-state index in [0.717, 1.165) is 22.3 Å². The van der Waals surface area contributed by atoms with Gasteiger partial charge in [0.2, 0.25) is 5.95 Å². The van der Waals surface area contributed by atoms with E-state index in [1.807, 2.05) is 20.8 Å². The molecule has 0 aliphatic rings. The molecule has 2 heterocycles. The lowest BCUT2D eigenvalue weighted by atomic mass is 10.4. The smallest absolute Gasteiger partial charge is 0.323 e. The first-order valence-corrected chi connectivity index (χ1v) is 6.93. The molecule has 0 radical (unpaired) electrons. The molecule has 0 saturated carbocycles. The van der Waals surface area contributed by atoms with Crippen molar-refractivity contribution >= 4 is 21.9 Å². The number of hydrogen-bond donors (Lipinski definition) is 2. The van der Waals surface area contributed by atoms with Crippen molar-refractivity contribution in [1.82, 2.24) is 24.7 Å². The molecular weight excluding hydrogens is 326 g/mol. The molecule has 0 aromatic carbocycles. The monoisotopic (exact) mass is 341 g/mol. The summed E-state index contributed by atoms with van der Waals surface area (Å²) >= 11 is 3.47. The van der Waals surface area contributed by atoms with Crippen LogP contribution in [-0.2, 0) is 0 Å². The highest BCUT2D eigenvalue weighted by atomic mass is 79.9. The van der Waals surface area contributed by atoms with E-state index < -0.39 is 0 Å². The van der Waals surface area contributed by atoms with Gasteiger partial charge < -0.3 is 4.74 Å². The van der Waals surface area contributed by atoms with Crippen molar-refractivity contribution in [2.75, 3.05) is 12.0 Å². The van der Waals surface area contributed by atoms with Crippen LogP contribution in [0, 0.1) is 13.8 Å². The molecule has 2 rings (SSSR count). The summed E-state index contributed by atoms with van der Waals surface area (Å²) in [5.74, 6) is 5.95. The van der Waals surface area contributed by atoms with E-state index in [0.29, 0.717) is 12.6 Å². The molecule has 2 aromatic heterocycles. The van der Waals surface area contributed by atoms with E-state index in [1.54, 1.807) is 4.68 Å². The fraction of sp³-hybridized carbons (Fsp3) is 0.455. The molecule has 0 fully saturated rings. The van der Waals surface area contributed by atoms with Gasteiger partial charge >= 0.3 is 6.01 Å². The summed E-state index contributed by atoms with van der Waals surface area (Å²) in [5.41, 5.74) is 4.14. The Labute approximate surface area is 124 Å². The second kappa shape index (κ2) is 6.14. The standard InChI is InChI=1S/C11H16BrN7O/c1-4-5-20-11-15-9(17-13)14-10(16-11)19-7(3)8(12)6(2)18-19/h4-5,13H2,1-3H3,(H,14,15,16,17). The van der Waals surface area contributed by atoms with Crippen molar-refractivity contribution in [2.24, 2.45) is 5.84 Å². The van der Waals surface area contributed by atoms with Crippen molar-refractivity contribution in [2.45, 2.75) is 27.2 Å². The minimum absolute atomic E-state index is 0.216. The first-order chi connectivity index (χ1) is 9.56. The number of aryl methyl sites for hydroxylation is 1. The van der Waals surface area contributed by atoms with Crippen molar-refractivity contribution in [1.29, 1.82) is 0 Å². The Morgan fingerprint density at radius 3 is 2.60 bits per heavy atom. The number of hydrazine groups is 1. The van der Waals surface area contributed by atoms with Crippen molar-refractivity contribution < 1.29 is 4.74 Å². The van der Waals surface area contributed by atoms with Gasteiger partial charge in [-0.15, -0.1) is 0 Å². The van der Waals surface area contributed by atoms with Gasteiger partial charge in [-0.3, -0.25) is 5.43 Å². The molecule has 0 aliphatic heterocycles. The summed E-state index contributed by atoms with van der Waals surface area (Å²) < 4.78 is 7.95. The minimum Gasteiger partial charge on any atom is -0.463 e. The van der Waals surface area contributed by atoms with Crippen molar-refractivity contribution in [3.05, 3.63) is 15.9 Å². The highest BCUT2D eigenvalue weighted by molar-refractivity contribution is 9.10. The van der Waals surface area contributed by atoms with E-state index in [-0.39, 0.29) is 12.0 Å². The number of halogens is 1. The van der Waals surface area contributed by atoms with Gasteiger partial charge in [0.05, 0.1) is 22.5 Å². The Bertz CT molecular complexity index is 613. The topological polar surface area (TPSA) is 104 Å². The summed E-state index contributed by atoms with van der Waals surface area (Å²) in [6, 6.07) is 0.216. The van der Waals surface area contributed by atoms with Crippen molar-refractivity contribution in [3.8, 4) is 12.0 Å². The van der Waals surface area contributed by atoms with Gasteiger partial charge in [0.25, 0.3) is 5.95 Å². The Balaban J connectivity index is 2.46. The minimum atomic E-state index is 0.216.